The number of rotatable bonds is 9. The molecule has 1 atom stereocenters. The number of ether oxygens (including phenoxy) is 2. The molecule has 1 aromatic carbocycles. The molecular weight excluding hydrogens is 524 g/mol. The van der Waals surface area contributed by atoms with E-state index in [1.807, 2.05) is 0 Å². The fourth-order valence-corrected chi connectivity index (χ4v) is 4.77. The molecule has 0 fully saturated rings. The quantitative estimate of drug-likeness (QED) is 0.188. The summed E-state index contributed by atoms with van der Waals surface area (Å²) in [5.41, 5.74) is 6.49. The summed E-state index contributed by atoms with van der Waals surface area (Å²) in [7, 11) is 1.21. The van der Waals surface area contributed by atoms with Gasteiger partial charge in [0.25, 0.3) is 5.91 Å². The maximum Gasteiger partial charge on any atom is 0.387 e. The number of primary amides is 1. The number of nitrogens with zero attached hydrogens (tertiary/aromatic N) is 5. The summed E-state index contributed by atoms with van der Waals surface area (Å²) >= 11 is 1.07. The van der Waals surface area contributed by atoms with Crippen molar-refractivity contribution in [2.75, 3.05) is 12.4 Å². The Hall–Kier alpha value is -4.63. The number of esters is 1. The summed E-state index contributed by atoms with van der Waals surface area (Å²) in [6.45, 7) is -3.46. The van der Waals surface area contributed by atoms with Gasteiger partial charge in [-0.15, -0.1) is 11.3 Å². The fourth-order valence-electron chi connectivity index (χ4n) is 3.83. The molecule has 0 spiro atoms. The zero-order chi connectivity index (χ0) is 27.0. The van der Waals surface area contributed by atoms with Crippen molar-refractivity contribution < 1.29 is 33.0 Å². The molecule has 0 saturated carbocycles. The Bertz CT molecular complexity index is 1660. The number of anilines is 1. The Morgan fingerprint density at radius 2 is 2.11 bits per heavy atom. The van der Waals surface area contributed by atoms with Crippen LogP contribution in [0.2, 0.25) is 0 Å². The Balaban J connectivity index is 1.62. The summed E-state index contributed by atoms with van der Waals surface area (Å²) < 4.78 is 39.5. The number of halogens is 2. The second-order valence-electron chi connectivity index (χ2n) is 7.94. The minimum atomic E-state index is -3.16. The lowest BCUT2D eigenvalue weighted by Gasteiger charge is -2.15. The van der Waals surface area contributed by atoms with Crippen LogP contribution in [0.1, 0.15) is 21.5 Å². The van der Waals surface area contributed by atoms with Crippen molar-refractivity contribution in [2.45, 2.75) is 19.4 Å². The maximum absolute atomic E-state index is 13.4. The maximum atomic E-state index is 13.4. The lowest BCUT2D eigenvalue weighted by molar-refractivity contribution is -0.141. The molecule has 0 radical (unpaired) electrons. The van der Waals surface area contributed by atoms with Crippen LogP contribution in [-0.4, -0.2) is 55.1 Å². The van der Waals surface area contributed by atoms with Gasteiger partial charge in [0, 0.05) is 28.9 Å². The number of alkyl halides is 2. The van der Waals surface area contributed by atoms with Crippen LogP contribution in [0.5, 0.6) is 5.75 Å². The van der Waals surface area contributed by atoms with Crippen LogP contribution < -0.4 is 15.8 Å². The molecule has 0 saturated heterocycles. The smallest absolute Gasteiger partial charge is 0.387 e. The normalized spacial score (nSPS) is 12.2. The molecule has 12 nitrogen and oxygen atoms in total. The van der Waals surface area contributed by atoms with Crippen molar-refractivity contribution in [1.29, 1.82) is 0 Å². The second-order valence-corrected chi connectivity index (χ2v) is 9.02. The topological polar surface area (TPSA) is 159 Å². The number of aromatic nitrogens is 5. The molecular formula is C23H19F2N7O5S. The number of aliphatic hydroxyl groups is 1. The van der Waals surface area contributed by atoms with E-state index in [2.05, 4.69) is 20.5 Å². The van der Waals surface area contributed by atoms with Gasteiger partial charge in [0.15, 0.2) is 11.9 Å². The first-order chi connectivity index (χ1) is 18.2. The first kappa shape index (κ1) is 25.0. The van der Waals surface area contributed by atoms with E-state index in [0.717, 1.165) is 11.3 Å². The van der Waals surface area contributed by atoms with E-state index in [0.29, 0.717) is 21.3 Å². The minimum Gasteiger partial charge on any atom is -0.468 e. The number of methoxy groups -OCH3 is 1. The Labute approximate surface area is 216 Å². The molecule has 4 heterocycles. The van der Waals surface area contributed by atoms with Crippen LogP contribution in [0, 0.1) is 0 Å². The van der Waals surface area contributed by atoms with Crippen molar-refractivity contribution in [1.82, 2.24) is 24.4 Å². The standard InChI is InChI=1S/C23H19F2N7O5S/c1-36-18(33)10-31-9-14(29-22(35)13-8-28-32-4-2-3-27-21(13)32)19(30-31)12-7-16-11(5-15(12)37-23(24)25)6-17(38-16)20(26)34/h2-9,22-23,29,35H,10H2,1H3,(H2,26,34). The van der Waals surface area contributed by atoms with E-state index in [1.165, 1.54) is 53.1 Å². The molecule has 38 heavy (non-hydrogen) atoms. The van der Waals surface area contributed by atoms with Crippen LogP contribution in [0.4, 0.5) is 14.5 Å². The Morgan fingerprint density at radius 3 is 2.84 bits per heavy atom. The number of benzene rings is 1. The third-order valence-corrected chi connectivity index (χ3v) is 6.62. The number of nitrogens with one attached hydrogen (secondary N) is 1. The highest BCUT2D eigenvalue weighted by molar-refractivity contribution is 7.20. The molecule has 0 aliphatic heterocycles. The first-order valence-corrected chi connectivity index (χ1v) is 11.7. The zero-order valence-corrected chi connectivity index (χ0v) is 20.4. The number of aliphatic hydroxyl groups excluding tert-OH is 1. The summed E-state index contributed by atoms with van der Waals surface area (Å²) in [6, 6.07) is 6.01. The van der Waals surface area contributed by atoms with Crippen molar-refractivity contribution in [2.24, 2.45) is 5.73 Å². The van der Waals surface area contributed by atoms with E-state index < -0.39 is 24.7 Å². The molecule has 4 aromatic heterocycles. The molecule has 196 valence electrons. The van der Waals surface area contributed by atoms with E-state index in [-0.39, 0.29) is 34.1 Å². The van der Waals surface area contributed by atoms with Gasteiger partial charge in [0.05, 0.1) is 29.4 Å². The van der Waals surface area contributed by atoms with Crippen molar-refractivity contribution in [3.63, 3.8) is 0 Å². The molecule has 0 aliphatic rings. The zero-order valence-electron chi connectivity index (χ0n) is 19.5. The SMILES string of the molecule is COC(=O)Cn1cc(NC(O)c2cnn3cccnc23)c(-c2cc3sc(C(N)=O)cc3cc2OC(F)F)n1. The van der Waals surface area contributed by atoms with Crippen LogP contribution in [0.15, 0.2) is 49.1 Å². The van der Waals surface area contributed by atoms with E-state index in [9.17, 15) is 23.5 Å². The van der Waals surface area contributed by atoms with Crippen LogP contribution in [0.25, 0.3) is 27.0 Å². The summed E-state index contributed by atoms with van der Waals surface area (Å²) in [4.78, 5) is 28.0. The van der Waals surface area contributed by atoms with E-state index >= 15 is 0 Å². The molecule has 1 unspecified atom stereocenters. The van der Waals surface area contributed by atoms with Gasteiger partial charge in [-0.3, -0.25) is 14.3 Å². The number of fused-ring (bicyclic) bond motifs is 2. The van der Waals surface area contributed by atoms with Gasteiger partial charge < -0.3 is 25.6 Å². The van der Waals surface area contributed by atoms with E-state index in [4.69, 9.17) is 15.2 Å². The van der Waals surface area contributed by atoms with Crippen LogP contribution in [-0.2, 0) is 16.1 Å². The number of thiophene rings is 1. The van der Waals surface area contributed by atoms with Gasteiger partial charge in [0.1, 0.15) is 18.0 Å². The predicted octanol–water partition coefficient (Wildman–Crippen LogP) is 2.78. The first-order valence-electron chi connectivity index (χ1n) is 10.9. The average Bonchev–Trinajstić information content (AvgIpc) is 3.59. The minimum absolute atomic E-state index is 0.0870. The molecule has 4 N–H and O–H groups in total. The number of nitrogens with two attached hydrogens (primary N) is 1. The van der Waals surface area contributed by atoms with Gasteiger partial charge >= 0.3 is 12.6 Å². The highest BCUT2D eigenvalue weighted by Crippen LogP contribution is 2.41. The van der Waals surface area contributed by atoms with Gasteiger partial charge in [-0.2, -0.15) is 19.0 Å². The summed E-state index contributed by atoms with van der Waals surface area (Å²) in [6.07, 6.45) is 4.69. The highest BCUT2D eigenvalue weighted by atomic mass is 32.1. The Kier molecular flexibility index (Phi) is 6.61. The molecule has 5 rings (SSSR count). The average molecular weight is 544 g/mol. The number of carbonyl (C=O) groups is 2. The number of carbonyl (C=O) groups excluding carboxylic acids is 2. The number of amides is 1. The lowest BCUT2D eigenvalue weighted by Crippen LogP contribution is -2.12. The second kappa shape index (κ2) is 10.0. The monoisotopic (exact) mass is 543 g/mol. The Morgan fingerprint density at radius 1 is 1.29 bits per heavy atom. The molecule has 5 aromatic rings. The summed E-state index contributed by atoms with van der Waals surface area (Å²) in [5, 5.41) is 22.9. The van der Waals surface area contributed by atoms with Crippen molar-refractivity contribution >= 4 is 44.6 Å². The third-order valence-electron chi connectivity index (χ3n) is 5.51. The lowest BCUT2D eigenvalue weighted by atomic mass is 10.1. The van der Waals surface area contributed by atoms with Crippen molar-refractivity contribution in [3.05, 3.63) is 59.5 Å². The van der Waals surface area contributed by atoms with Gasteiger partial charge in [-0.1, -0.05) is 0 Å². The number of hydrogen-bond donors (Lipinski definition) is 3. The van der Waals surface area contributed by atoms with Gasteiger partial charge in [0.2, 0.25) is 0 Å². The molecule has 0 bridgehead atoms. The molecule has 1 amide bonds. The fraction of sp³-hybridized carbons (Fsp3) is 0.174. The molecule has 0 aliphatic carbocycles. The summed E-state index contributed by atoms with van der Waals surface area (Å²) in [5.74, 6) is -1.51. The predicted molar refractivity (Wildman–Crippen MR) is 132 cm³/mol. The number of hydrogen-bond acceptors (Lipinski definition) is 10. The van der Waals surface area contributed by atoms with Crippen LogP contribution >= 0.6 is 11.3 Å². The van der Waals surface area contributed by atoms with Gasteiger partial charge in [-0.25, -0.2) is 9.50 Å². The van der Waals surface area contributed by atoms with Crippen LogP contribution in [0.3, 0.4) is 0 Å². The van der Waals surface area contributed by atoms with Gasteiger partial charge in [-0.05, 0) is 29.7 Å². The largest absolute Gasteiger partial charge is 0.468 e. The van der Waals surface area contributed by atoms with Crippen molar-refractivity contribution in [3.8, 4) is 17.0 Å². The third kappa shape index (κ3) is 4.83. The van der Waals surface area contributed by atoms with E-state index in [1.54, 1.807) is 12.3 Å². The highest BCUT2D eigenvalue weighted by Gasteiger charge is 2.24. The molecule has 15 heteroatoms.